The van der Waals surface area contributed by atoms with Crippen molar-refractivity contribution < 1.29 is 4.79 Å². The zero-order valence-corrected chi connectivity index (χ0v) is 11.3. The first-order chi connectivity index (χ1) is 9.17. The third kappa shape index (κ3) is 2.76. The molecule has 0 aromatic carbocycles. The van der Waals surface area contributed by atoms with Gasteiger partial charge in [0, 0.05) is 24.2 Å². The Balaban J connectivity index is 2.45. The summed E-state index contributed by atoms with van der Waals surface area (Å²) in [5, 5.41) is 0.480. The normalized spacial score (nSPS) is 18.2. The molecule has 0 N–H and O–H groups in total. The second kappa shape index (κ2) is 5.85. The molecular weight excluding hydrogens is 260 g/mol. The number of nitrogens with zero attached hydrogens (tertiary/aromatic N) is 2. The number of aromatic nitrogens is 1. The molecule has 0 saturated carbocycles. The highest BCUT2D eigenvalue weighted by atomic mass is 35.5. The van der Waals surface area contributed by atoms with Crippen molar-refractivity contribution in [2.75, 3.05) is 6.54 Å². The zero-order chi connectivity index (χ0) is 13.8. The van der Waals surface area contributed by atoms with E-state index in [-0.39, 0.29) is 11.9 Å². The van der Waals surface area contributed by atoms with Gasteiger partial charge in [-0.25, -0.2) is 4.98 Å². The van der Waals surface area contributed by atoms with E-state index in [4.69, 9.17) is 11.6 Å². The minimum atomic E-state index is -0.142. The first kappa shape index (κ1) is 13.6. The van der Waals surface area contributed by atoms with Gasteiger partial charge in [0.25, 0.3) is 0 Å². The smallest absolute Gasteiger partial charge is 0.246 e. The first-order valence-electron chi connectivity index (χ1n) is 6.05. The van der Waals surface area contributed by atoms with E-state index >= 15 is 0 Å². The number of amides is 1. The van der Waals surface area contributed by atoms with Crippen molar-refractivity contribution in [3.63, 3.8) is 0 Å². The molecule has 0 fully saturated rings. The standard InChI is InChI=1S/C15H15ClN2O/c1-3-5-6-13-11-7-8-14(16)17-12(11)9-10-18(13)15(19)4-2/h3-8,13H,1-2,9-10H2/b6-5+. The van der Waals surface area contributed by atoms with Crippen molar-refractivity contribution in [3.8, 4) is 0 Å². The first-order valence-corrected chi connectivity index (χ1v) is 6.42. The molecule has 19 heavy (non-hydrogen) atoms. The maximum absolute atomic E-state index is 11.9. The van der Waals surface area contributed by atoms with Crippen molar-refractivity contribution in [2.24, 2.45) is 0 Å². The molecule has 2 heterocycles. The molecule has 98 valence electrons. The van der Waals surface area contributed by atoms with Crippen LogP contribution in [0.2, 0.25) is 5.15 Å². The quantitative estimate of drug-likeness (QED) is 0.482. The summed E-state index contributed by atoms with van der Waals surface area (Å²) in [7, 11) is 0. The molecule has 3 nitrogen and oxygen atoms in total. The monoisotopic (exact) mass is 274 g/mol. The summed E-state index contributed by atoms with van der Waals surface area (Å²) in [5.41, 5.74) is 1.95. The van der Waals surface area contributed by atoms with Gasteiger partial charge in [-0.3, -0.25) is 4.79 Å². The van der Waals surface area contributed by atoms with Gasteiger partial charge < -0.3 is 4.90 Å². The maximum atomic E-state index is 11.9. The molecule has 0 spiro atoms. The molecule has 0 aliphatic carbocycles. The Bertz CT molecular complexity index is 551. The van der Waals surface area contributed by atoms with Crippen molar-refractivity contribution in [1.29, 1.82) is 0 Å². The highest BCUT2D eigenvalue weighted by Crippen LogP contribution is 2.31. The van der Waals surface area contributed by atoms with Gasteiger partial charge in [-0.15, -0.1) is 0 Å². The SMILES string of the molecule is C=C/C=C/C1c2ccc(Cl)nc2CCN1C(=O)C=C. The van der Waals surface area contributed by atoms with Gasteiger partial charge in [-0.05, 0) is 12.1 Å². The van der Waals surface area contributed by atoms with Gasteiger partial charge in [-0.1, -0.05) is 49.1 Å². The van der Waals surface area contributed by atoms with Crippen LogP contribution < -0.4 is 0 Å². The van der Waals surface area contributed by atoms with Crippen LogP contribution in [0, 0.1) is 0 Å². The third-order valence-electron chi connectivity index (χ3n) is 3.11. The molecule has 0 saturated heterocycles. The summed E-state index contributed by atoms with van der Waals surface area (Å²) in [6.45, 7) is 7.81. The number of halogens is 1. The number of rotatable bonds is 3. The van der Waals surface area contributed by atoms with Crippen LogP contribution in [-0.2, 0) is 11.2 Å². The predicted octanol–water partition coefficient (Wildman–Crippen LogP) is 3.09. The van der Waals surface area contributed by atoms with E-state index in [0.717, 1.165) is 11.3 Å². The van der Waals surface area contributed by atoms with Crippen LogP contribution >= 0.6 is 11.6 Å². The van der Waals surface area contributed by atoms with Crippen molar-refractivity contribution >= 4 is 17.5 Å². The van der Waals surface area contributed by atoms with Gasteiger partial charge in [0.15, 0.2) is 0 Å². The van der Waals surface area contributed by atoms with Gasteiger partial charge in [0.2, 0.25) is 5.91 Å². The Morgan fingerprint density at radius 3 is 2.95 bits per heavy atom. The number of allylic oxidation sites excluding steroid dienone is 2. The zero-order valence-electron chi connectivity index (χ0n) is 10.6. The third-order valence-corrected chi connectivity index (χ3v) is 3.32. The molecule has 2 rings (SSSR count). The molecule has 1 aliphatic heterocycles. The Labute approximate surface area is 117 Å². The summed E-state index contributed by atoms with van der Waals surface area (Å²) in [6.07, 6.45) is 7.49. The largest absolute Gasteiger partial charge is 0.328 e. The lowest BCUT2D eigenvalue weighted by molar-refractivity contribution is -0.127. The van der Waals surface area contributed by atoms with Crippen LogP contribution in [-0.4, -0.2) is 22.3 Å². The summed E-state index contributed by atoms with van der Waals surface area (Å²) >= 11 is 5.91. The van der Waals surface area contributed by atoms with Crippen LogP contribution in [0.5, 0.6) is 0 Å². The molecule has 1 atom stereocenters. The van der Waals surface area contributed by atoms with Crippen LogP contribution in [0.3, 0.4) is 0 Å². The summed E-state index contributed by atoms with van der Waals surface area (Å²) in [5.74, 6) is -0.0840. The van der Waals surface area contributed by atoms with Crippen LogP contribution in [0.15, 0.2) is 49.6 Å². The topological polar surface area (TPSA) is 33.2 Å². The summed E-state index contributed by atoms with van der Waals surface area (Å²) in [6, 6.07) is 3.53. The maximum Gasteiger partial charge on any atom is 0.246 e. The minimum Gasteiger partial charge on any atom is -0.328 e. The highest BCUT2D eigenvalue weighted by Gasteiger charge is 2.28. The molecular formula is C15H15ClN2O. The summed E-state index contributed by atoms with van der Waals surface area (Å²) in [4.78, 5) is 18.0. The van der Waals surface area contributed by atoms with Gasteiger partial charge >= 0.3 is 0 Å². The fraction of sp³-hybridized carbons (Fsp3) is 0.200. The van der Waals surface area contributed by atoms with Crippen LogP contribution in [0.1, 0.15) is 17.3 Å². The van der Waals surface area contributed by atoms with E-state index in [9.17, 15) is 4.79 Å². The lowest BCUT2D eigenvalue weighted by Gasteiger charge is -2.34. The molecule has 1 amide bonds. The Hall–Kier alpha value is -1.87. The average molecular weight is 275 g/mol. The lowest BCUT2D eigenvalue weighted by atomic mass is 9.96. The van der Waals surface area contributed by atoms with Gasteiger partial charge in [0.1, 0.15) is 5.15 Å². The van der Waals surface area contributed by atoms with Crippen LogP contribution in [0.4, 0.5) is 0 Å². The average Bonchev–Trinajstić information content (AvgIpc) is 2.43. The molecule has 1 unspecified atom stereocenters. The molecule has 1 aromatic heterocycles. The fourth-order valence-electron chi connectivity index (χ4n) is 2.24. The molecule has 4 heteroatoms. The molecule has 0 bridgehead atoms. The van der Waals surface area contributed by atoms with Crippen molar-refractivity contribution in [1.82, 2.24) is 9.88 Å². The van der Waals surface area contributed by atoms with E-state index in [1.54, 1.807) is 17.0 Å². The van der Waals surface area contributed by atoms with E-state index in [2.05, 4.69) is 18.1 Å². The Morgan fingerprint density at radius 2 is 2.26 bits per heavy atom. The summed E-state index contributed by atoms with van der Waals surface area (Å²) < 4.78 is 0. The molecule has 1 aromatic rings. The number of hydrogen-bond acceptors (Lipinski definition) is 2. The van der Waals surface area contributed by atoms with Gasteiger partial charge in [-0.2, -0.15) is 0 Å². The number of pyridine rings is 1. The molecule has 0 radical (unpaired) electrons. The second-order valence-corrected chi connectivity index (χ2v) is 4.61. The van der Waals surface area contributed by atoms with E-state index in [0.29, 0.717) is 18.1 Å². The Kier molecular flexibility index (Phi) is 4.17. The predicted molar refractivity (Wildman–Crippen MR) is 76.9 cm³/mol. The van der Waals surface area contributed by atoms with E-state index < -0.39 is 0 Å². The lowest BCUT2D eigenvalue weighted by Crippen LogP contribution is -2.38. The number of hydrogen-bond donors (Lipinski definition) is 0. The minimum absolute atomic E-state index is 0.0840. The van der Waals surface area contributed by atoms with E-state index in [1.807, 2.05) is 18.2 Å². The Morgan fingerprint density at radius 1 is 1.47 bits per heavy atom. The number of carbonyl (C=O) groups excluding carboxylic acids is 1. The number of fused-ring (bicyclic) bond motifs is 1. The molecule has 1 aliphatic rings. The van der Waals surface area contributed by atoms with E-state index in [1.165, 1.54) is 6.08 Å². The van der Waals surface area contributed by atoms with Gasteiger partial charge in [0.05, 0.1) is 6.04 Å². The second-order valence-electron chi connectivity index (χ2n) is 4.22. The fourth-order valence-corrected chi connectivity index (χ4v) is 2.41. The van der Waals surface area contributed by atoms with Crippen molar-refractivity contribution in [3.05, 3.63) is 66.0 Å². The van der Waals surface area contributed by atoms with Crippen molar-refractivity contribution in [2.45, 2.75) is 12.5 Å². The highest BCUT2D eigenvalue weighted by molar-refractivity contribution is 6.29. The van der Waals surface area contributed by atoms with Crippen LogP contribution in [0.25, 0.3) is 0 Å². The number of carbonyl (C=O) groups is 1.